The number of hydrogen-bond donors (Lipinski definition) is 2. The summed E-state index contributed by atoms with van der Waals surface area (Å²) in [5.74, 6) is -0.413. The van der Waals surface area contributed by atoms with E-state index in [2.05, 4.69) is 5.32 Å². The highest BCUT2D eigenvalue weighted by molar-refractivity contribution is 5.78. The van der Waals surface area contributed by atoms with Gasteiger partial charge < -0.3 is 15.2 Å². The van der Waals surface area contributed by atoms with Gasteiger partial charge in [-0.2, -0.15) is 0 Å². The van der Waals surface area contributed by atoms with Gasteiger partial charge in [-0.1, -0.05) is 55.5 Å². The van der Waals surface area contributed by atoms with Crippen molar-refractivity contribution in [3.63, 3.8) is 0 Å². The number of nitrogens with one attached hydrogen (secondary N) is 1. The summed E-state index contributed by atoms with van der Waals surface area (Å²) < 4.78 is 5.64. The number of ether oxygens (including phenoxy) is 1. The van der Waals surface area contributed by atoms with Gasteiger partial charge in [0.15, 0.2) is 0 Å². The lowest BCUT2D eigenvalue weighted by Gasteiger charge is -2.21. The molecule has 138 valence electrons. The van der Waals surface area contributed by atoms with Crippen LogP contribution in [0.4, 0.5) is 0 Å². The lowest BCUT2D eigenvalue weighted by Crippen LogP contribution is -2.34. The zero-order valence-electron chi connectivity index (χ0n) is 14.9. The average Bonchev–Trinajstić information content (AvgIpc) is 2.66. The van der Waals surface area contributed by atoms with Crippen LogP contribution in [-0.4, -0.2) is 23.6 Å². The number of benzene rings is 2. The molecule has 0 spiro atoms. The molecule has 0 aliphatic carbocycles. The zero-order chi connectivity index (χ0) is 18.8. The number of hydrogen-bond acceptors (Lipinski definition) is 3. The molecule has 5 heteroatoms. The highest BCUT2D eigenvalue weighted by atomic mass is 16.5. The average molecular weight is 355 g/mol. The predicted octanol–water partition coefficient (Wildman–Crippen LogP) is 3.81. The normalized spacial score (nSPS) is 12.8. The lowest BCUT2D eigenvalue weighted by atomic mass is 10.00. The second-order valence-corrected chi connectivity index (χ2v) is 6.26. The first-order chi connectivity index (χ1) is 12.6. The maximum absolute atomic E-state index is 12.5. The fourth-order valence-electron chi connectivity index (χ4n) is 2.59. The van der Waals surface area contributed by atoms with Crippen molar-refractivity contribution in [3.8, 4) is 5.75 Å². The van der Waals surface area contributed by atoms with Gasteiger partial charge in [-0.15, -0.1) is 0 Å². The summed E-state index contributed by atoms with van der Waals surface area (Å²) in [6.07, 6.45) is 0.949. The van der Waals surface area contributed by atoms with E-state index in [1.807, 2.05) is 67.6 Å². The van der Waals surface area contributed by atoms with Gasteiger partial charge >= 0.3 is 5.97 Å². The molecular formula is C21H25NO4. The van der Waals surface area contributed by atoms with E-state index in [-0.39, 0.29) is 24.3 Å². The molecule has 0 aliphatic rings. The van der Waals surface area contributed by atoms with Gasteiger partial charge in [-0.3, -0.25) is 9.59 Å². The molecule has 2 atom stereocenters. The molecule has 0 heterocycles. The summed E-state index contributed by atoms with van der Waals surface area (Å²) in [4.78, 5) is 23.4. The third-order valence-electron chi connectivity index (χ3n) is 4.18. The third-order valence-corrected chi connectivity index (χ3v) is 4.18. The van der Waals surface area contributed by atoms with E-state index in [0.717, 1.165) is 11.3 Å². The molecule has 0 aromatic heterocycles. The first-order valence-corrected chi connectivity index (χ1v) is 8.81. The molecule has 0 radical (unpaired) electrons. The molecule has 2 aromatic rings. The quantitative estimate of drug-likeness (QED) is 0.679. The zero-order valence-corrected chi connectivity index (χ0v) is 14.9. The van der Waals surface area contributed by atoms with Crippen LogP contribution in [0.25, 0.3) is 0 Å². The Balaban J connectivity index is 1.87. The number of amides is 1. The molecule has 2 N–H and O–H groups in total. The van der Waals surface area contributed by atoms with E-state index in [0.29, 0.717) is 19.4 Å². The number of carbonyl (C=O) groups is 2. The summed E-state index contributed by atoms with van der Waals surface area (Å²) in [6.45, 7) is 2.30. The first kappa shape index (κ1) is 19.5. The van der Waals surface area contributed by atoms with E-state index >= 15 is 0 Å². The highest BCUT2D eigenvalue weighted by Gasteiger charge is 2.20. The number of carboxylic acid groups (broad SMARTS) is 1. The number of carboxylic acids is 1. The maximum atomic E-state index is 12.5. The van der Waals surface area contributed by atoms with E-state index in [9.17, 15) is 9.59 Å². The fourth-order valence-corrected chi connectivity index (χ4v) is 2.59. The van der Waals surface area contributed by atoms with Crippen LogP contribution in [0.5, 0.6) is 5.75 Å². The summed E-state index contributed by atoms with van der Waals surface area (Å²) in [5, 5.41) is 11.9. The van der Waals surface area contributed by atoms with Crippen LogP contribution in [0.2, 0.25) is 0 Å². The molecule has 0 fully saturated rings. The van der Waals surface area contributed by atoms with E-state index in [1.54, 1.807) is 0 Å². The van der Waals surface area contributed by atoms with Crippen molar-refractivity contribution in [2.45, 2.75) is 32.2 Å². The van der Waals surface area contributed by atoms with Gasteiger partial charge in [0.25, 0.3) is 0 Å². The monoisotopic (exact) mass is 355 g/mol. The molecule has 2 aromatic carbocycles. The van der Waals surface area contributed by atoms with Gasteiger partial charge in [0, 0.05) is 12.3 Å². The Morgan fingerprint density at radius 3 is 2.23 bits per heavy atom. The molecule has 1 amide bonds. The van der Waals surface area contributed by atoms with Gasteiger partial charge in [-0.25, -0.2) is 0 Å². The van der Waals surface area contributed by atoms with Crippen LogP contribution in [0, 0.1) is 5.92 Å². The van der Waals surface area contributed by atoms with Crippen LogP contribution in [0.1, 0.15) is 37.8 Å². The maximum Gasteiger partial charge on any atom is 0.303 e. The van der Waals surface area contributed by atoms with Crippen LogP contribution in [-0.2, 0) is 9.59 Å². The van der Waals surface area contributed by atoms with Crippen LogP contribution in [0.3, 0.4) is 0 Å². The predicted molar refractivity (Wildman–Crippen MR) is 99.9 cm³/mol. The van der Waals surface area contributed by atoms with E-state index < -0.39 is 5.97 Å². The minimum absolute atomic E-state index is 0.00530. The van der Waals surface area contributed by atoms with Gasteiger partial charge in [-0.05, 0) is 30.5 Å². The lowest BCUT2D eigenvalue weighted by molar-refractivity contribution is -0.137. The molecule has 2 rings (SSSR count). The Kier molecular flexibility index (Phi) is 7.68. The number of para-hydroxylation sites is 1. The summed E-state index contributed by atoms with van der Waals surface area (Å²) in [6, 6.07) is 18.6. The Hall–Kier alpha value is -2.82. The Morgan fingerprint density at radius 2 is 1.62 bits per heavy atom. The standard InChI is InChI=1S/C21H25NO4/c1-16(14-15-26-18-10-6-3-7-11-18)21(25)22-19(12-13-20(23)24)17-8-4-2-5-9-17/h2-11,16,19H,12-15H2,1H3,(H,22,25)(H,23,24). The molecule has 0 saturated carbocycles. The van der Waals surface area contributed by atoms with Crippen LogP contribution < -0.4 is 10.1 Å². The van der Waals surface area contributed by atoms with Crippen molar-refractivity contribution in [1.29, 1.82) is 0 Å². The van der Waals surface area contributed by atoms with Gasteiger partial charge in [0.05, 0.1) is 12.6 Å². The summed E-state index contributed by atoms with van der Waals surface area (Å²) >= 11 is 0. The van der Waals surface area contributed by atoms with Crippen molar-refractivity contribution in [1.82, 2.24) is 5.32 Å². The van der Waals surface area contributed by atoms with Crippen molar-refractivity contribution in [2.24, 2.45) is 5.92 Å². The van der Waals surface area contributed by atoms with Gasteiger partial charge in [0.2, 0.25) is 5.91 Å². The Morgan fingerprint density at radius 1 is 1.00 bits per heavy atom. The molecule has 26 heavy (non-hydrogen) atoms. The molecular weight excluding hydrogens is 330 g/mol. The molecule has 5 nitrogen and oxygen atoms in total. The van der Waals surface area contributed by atoms with Crippen molar-refractivity contribution >= 4 is 11.9 Å². The summed E-state index contributed by atoms with van der Waals surface area (Å²) in [7, 11) is 0. The van der Waals surface area contributed by atoms with Crippen molar-refractivity contribution < 1.29 is 19.4 Å². The van der Waals surface area contributed by atoms with Crippen molar-refractivity contribution in [3.05, 3.63) is 66.2 Å². The summed E-state index contributed by atoms with van der Waals surface area (Å²) in [5.41, 5.74) is 0.912. The molecule has 0 saturated heterocycles. The molecule has 0 bridgehead atoms. The smallest absolute Gasteiger partial charge is 0.303 e. The second-order valence-electron chi connectivity index (χ2n) is 6.26. The SMILES string of the molecule is CC(CCOc1ccccc1)C(=O)NC(CCC(=O)O)c1ccccc1. The van der Waals surface area contributed by atoms with Gasteiger partial charge in [0.1, 0.15) is 5.75 Å². The minimum Gasteiger partial charge on any atom is -0.494 e. The largest absolute Gasteiger partial charge is 0.494 e. The van der Waals surface area contributed by atoms with Crippen LogP contribution in [0.15, 0.2) is 60.7 Å². The number of aliphatic carboxylic acids is 1. The molecule has 2 unspecified atom stereocenters. The number of carbonyl (C=O) groups excluding carboxylic acids is 1. The molecule has 0 aliphatic heterocycles. The van der Waals surface area contributed by atoms with E-state index in [4.69, 9.17) is 9.84 Å². The second kappa shape index (κ2) is 10.2. The topological polar surface area (TPSA) is 75.6 Å². The Labute approximate surface area is 154 Å². The highest BCUT2D eigenvalue weighted by Crippen LogP contribution is 2.19. The third kappa shape index (κ3) is 6.59. The van der Waals surface area contributed by atoms with Crippen molar-refractivity contribution in [2.75, 3.05) is 6.61 Å². The van der Waals surface area contributed by atoms with E-state index in [1.165, 1.54) is 0 Å². The first-order valence-electron chi connectivity index (χ1n) is 8.81. The Bertz CT molecular complexity index is 688. The fraction of sp³-hybridized carbons (Fsp3) is 0.333. The number of rotatable bonds is 10. The minimum atomic E-state index is -0.871. The van der Waals surface area contributed by atoms with Crippen LogP contribution >= 0.6 is 0 Å².